The summed E-state index contributed by atoms with van der Waals surface area (Å²) < 4.78 is 8.06. The third-order valence-corrected chi connectivity index (χ3v) is 4.80. The Morgan fingerprint density at radius 1 is 1.16 bits per heavy atom. The van der Waals surface area contributed by atoms with E-state index in [1.807, 2.05) is 45.0 Å². The average Bonchev–Trinajstić information content (AvgIpc) is 2.53. The van der Waals surface area contributed by atoms with Gasteiger partial charge in [0.1, 0.15) is 12.1 Å². The van der Waals surface area contributed by atoms with Crippen LogP contribution in [0, 0.1) is 0 Å². The zero-order chi connectivity index (χ0) is 18.6. The largest absolute Gasteiger partial charge is 0.444 e. The van der Waals surface area contributed by atoms with Gasteiger partial charge in [-0.3, -0.25) is 8.72 Å². The number of hydrogen-bond acceptors (Lipinski definition) is 4. The minimum Gasteiger partial charge on any atom is -0.444 e. The average molecular weight is 477 g/mol. The number of carbonyl (C=O) groups excluding carboxylic acids is 2. The lowest BCUT2D eigenvalue weighted by Crippen LogP contribution is -2.53. The Morgan fingerprint density at radius 2 is 1.76 bits per heavy atom. The van der Waals surface area contributed by atoms with Gasteiger partial charge in [-0.05, 0) is 39.0 Å². The van der Waals surface area contributed by atoms with Crippen LogP contribution in [0.1, 0.15) is 20.8 Å². The predicted molar refractivity (Wildman–Crippen MR) is 105 cm³/mol. The molecule has 2 rings (SSSR count). The van der Waals surface area contributed by atoms with Gasteiger partial charge in [-0.2, -0.15) is 0 Å². The number of halogens is 2. The number of hydrogen-bond donors (Lipinski definition) is 0. The van der Waals surface area contributed by atoms with Crippen molar-refractivity contribution in [1.82, 2.24) is 9.80 Å². The summed E-state index contributed by atoms with van der Waals surface area (Å²) in [6.07, 6.45) is -0.323. The number of benzene rings is 1. The zero-order valence-corrected chi connectivity index (χ0v) is 17.8. The fourth-order valence-electron chi connectivity index (χ4n) is 2.40. The maximum Gasteiger partial charge on any atom is 0.410 e. The number of ether oxygens (including phenoxy) is 1. The second-order valence-electron chi connectivity index (χ2n) is 6.85. The van der Waals surface area contributed by atoms with Crippen molar-refractivity contribution in [2.75, 3.05) is 36.6 Å². The molecule has 0 spiro atoms. The first-order valence-electron chi connectivity index (χ1n) is 8.10. The van der Waals surface area contributed by atoms with E-state index in [9.17, 15) is 9.59 Å². The van der Waals surface area contributed by atoms with Gasteiger partial charge in [0.25, 0.3) is 0 Å². The van der Waals surface area contributed by atoms with Gasteiger partial charge in [0.15, 0.2) is 0 Å². The lowest BCUT2D eigenvalue weighted by Gasteiger charge is -2.36. The maximum absolute atomic E-state index is 12.5. The lowest BCUT2D eigenvalue weighted by atomic mass is 10.2. The number of piperazine rings is 1. The molecule has 1 saturated heterocycles. The first kappa shape index (κ1) is 20.0. The Hall–Kier alpha value is -1.28. The molecule has 1 aromatic carbocycles. The quantitative estimate of drug-likeness (QED) is 0.625. The van der Waals surface area contributed by atoms with E-state index < -0.39 is 5.60 Å². The number of carbonyl (C=O) groups is 2. The second kappa shape index (κ2) is 8.40. The highest BCUT2D eigenvalue weighted by Gasteiger charge is 2.28. The van der Waals surface area contributed by atoms with Crippen LogP contribution >= 0.6 is 32.1 Å². The second-order valence-corrected chi connectivity index (χ2v) is 8.62. The molecule has 0 N–H and O–H groups in total. The molecule has 1 aliphatic rings. The third-order valence-electron chi connectivity index (χ3n) is 3.65. The van der Waals surface area contributed by atoms with Gasteiger partial charge in [-0.15, -0.1) is 0 Å². The Morgan fingerprint density at radius 3 is 2.32 bits per heavy atom. The Kier molecular flexibility index (Phi) is 6.73. The molecule has 1 aliphatic heterocycles. The van der Waals surface area contributed by atoms with E-state index in [-0.39, 0.29) is 18.5 Å². The summed E-state index contributed by atoms with van der Waals surface area (Å²) in [7, 11) is 0. The summed E-state index contributed by atoms with van der Waals surface area (Å²) in [6.45, 7) is 7.75. The third kappa shape index (κ3) is 6.18. The van der Waals surface area contributed by atoms with Crippen LogP contribution in [-0.4, -0.2) is 60.1 Å². The summed E-state index contributed by atoms with van der Waals surface area (Å²) in [6, 6.07) is 7.70. The van der Waals surface area contributed by atoms with Crippen molar-refractivity contribution in [2.24, 2.45) is 0 Å². The lowest BCUT2D eigenvalue weighted by molar-refractivity contribution is -0.131. The molecule has 8 heteroatoms. The summed E-state index contributed by atoms with van der Waals surface area (Å²) in [5.74, 6) is 0.0145. The van der Waals surface area contributed by atoms with E-state index in [0.29, 0.717) is 26.2 Å². The van der Waals surface area contributed by atoms with Gasteiger partial charge in [-0.1, -0.05) is 22.0 Å². The van der Waals surface area contributed by atoms with E-state index in [1.165, 1.54) is 0 Å². The van der Waals surface area contributed by atoms with Gasteiger partial charge in [-0.25, -0.2) is 4.79 Å². The van der Waals surface area contributed by atoms with Gasteiger partial charge in [0.05, 0.1) is 16.1 Å². The molecule has 6 nitrogen and oxygen atoms in total. The van der Waals surface area contributed by atoms with Crippen molar-refractivity contribution in [1.29, 1.82) is 0 Å². The molecule has 1 heterocycles. The van der Waals surface area contributed by atoms with Gasteiger partial charge >= 0.3 is 6.09 Å². The van der Waals surface area contributed by atoms with Crippen molar-refractivity contribution < 1.29 is 14.3 Å². The molecule has 0 atom stereocenters. The maximum atomic E-state index is 12.5. The van der Waals surface area contributed by atoms with Crippen molar-refractivity contribution >= 4 is 49.8 Å². The number of anilines is 1. The van der Waals surface area contributed by atoms with Crippen LogP contribution in [0.3, 0.4) is 0 Å². The smallest absolute Gasteiger partial charge is 0.410 e. The highest BCUT2D eigenvalue weighted by Crippen LogP contribution is 2.22. The highest BCUT2D eigenvalue weighted by atomic mass is 79.9. The van der Waals surface area contributed by atoms with E-state index in [0.717, 1.165) is 10.2 Å². The van der Waals surface area contributed by atoms with Crippen LogP contribution in [0.4, 0.5) is 10.5 Å². The van der Waals surface area contributed by atoms with E-state index in [2.05, 4.69) is 32.1 Å². The van der Waals surface area contributed by atoms with E-state index in [1.54, 1.807) is 13.7 Å². The molecule has 1 aromatic rings. The normalized spacial score (nSPS) is 15.1. The summed E-state index contributed by atoms with van der Waals surface area (Å²) >= 11 is 6.86. The minimum absolute atomic E-state index is 0.0145. The van der Waals surface area contributed by atoms with E-state index in [4.69, 9.17) is 4.74 Å². The molecule has 0 saturated carbocycles. The molecule has 0 bridgehead atoms. The zero-order valence-electron chi connectivity index (χ0n) is 14.7. The van der Waals surface area contributed by atoms with Crippen molar-refractivity contribution in [2.45, 2.75) is 26.4 Å². The molecular weight excluding hydrogens is 454 g/mol. The van der Waals surface area contributed by atoms with Crippen molar-refractivity contribution in [3.05, 3.63) is 28.7 Å². The topological polar surface area (TPSA) is 53.1 Å². The molecule has 1 fully saturated rings. The number of rotatable bonds is 3. The van der Waals surface area contributed by atoms with Crippen LogP contribution in [0.5, 0.6) is 0 Å². The monoisotopic (exact) mass is 475 g/mol. The van der Waals surface area contributed by atoms with Gasteiger partial charge < -0.3 is 14.5 Å². The van der Waals surface area contributed by atoms with E-state index >= 15 is 0 Å². The molecule has 0 radical (unpaired) electrons. The van der Waals surface area contributed by atoms with Crippen LogP contribution in [0.2, 0.25) is 0 Å². The molecule has 0 aromatic heterocycles. The summed E-state index contributed by atoms with van der Waals surface area (Å²) in [5.41, 5.74) is 0.389. The molecule has 0 aliphatic carbocycles. The van der Waals surface area contributed by atoms with Crippen LogP contribution < -0.4 is 3.93 Å². The number of amides is 2. The van der Waals surface area contributed by atoms with Crippen LogP contribution in [-0.2, 0) is 9.53 Å². The molecule has 0 unspecified atom stereocenters. The standard InChI is InChI=1S/C17H23Br2N3O3/c1-17(2,3)25-16(24)21-9-7-20(8-10-21)15(23)12-22(19)14-6-4-5-13(18)11-14/h4-6,11H,7-10,12H2,1-3H3. The molecular formula is C17H23Br2N3O3. The molecule has 25 heavy (non-hydrogen) atoms. The fourth-order valence-corrected chi connectivity index (χ4v) is 3.22. The first-order chi connectivity index (χ1) is 11.7. The number of nitrogens with zero attached hydrogens (tertiary/aromatic N) is 3. The molecule has 138 valence electrons. The Labute approximate surface area is 165 Å². The Balaban J connectivity index is 1.84. The van der Waals surface area contributed by atoms with Gasteiger partial charge in [0.2, 0.25) is 5.91 Å². The SMILES string of the molecule is CC(C)(C)OC(=O)N1CCN(C(=O)CN(Br)c2cccc(Br)c2)CC1. The van der Waals surface area contributed by atoms with Crippen LogP contribution in [0.25, 0.3) is 0 Å². The van der Waals surface area contributed by atoms with Gasteiger partial charge in [0, 0.05) is 36.3 Å². The highest BCUT2D eigenvalue weighted by molar-refractivity contribution is 9.10. The first-order valence-corrected chi connectivity index (χ1v) is 9.60. The molecule has 2 amide bonds. The van der Waals surface area contributed by atoms with Crippen molar-refractivity contribution in [3.63, 3.8) is 0 Å². The Bertz CT molecular complexity index is 626. The fraction of sp³-hybridized carbons (Fsp3) is 0.529. The summed E-state index contributed by atoms with van der Waals surface area (Å²) in [5, 5.41) is 0. The van der Waals surface area contributed by atoms with Crippen LogP contribution in [0.15, 0.2) is 28.7 Å². The predicted octanol–water partition coefficient (Wildman–Crippen LogP) is 3.64. The summed E-state index contributed by atoms with van der Waals surface area (Å²) in [4.78, 5) is 28.0. The minimum atomic E-state index is -0.509. The van der Waals surface area contributed by atoms with Crippen molar-refractivity contribution in [3.8, 4) is 0 Å².